The fraction of sp³-hybridized carbons (Fsp3) is 0.680. The summed E-state index contributed by atoms with van der Waals surface area (Å²) < 4.78 is 0. The maximum Gasteiger partial charge on any atom is 0.317 e. The number of nitrogens with zero attached hydrogens (tertiary/aromatic N) is 2. The molecule has 2 heterocycles. The van der Waals surface area contributed by atoms with Crippen LogP contribution < -0.4 is 5.32 Å². The van der Waals surface area contributed by atoms with Gasteiger partial charge in [-0.05, 0) is 87.3 Å². The lowest BCUT2D eigenvalue weighted by molar-refractivity contribution is -0.0164. The molecule has 5 nitrogen and oxygen atoms in total. The third-order valence-corrected chi connectivity index (χ3v) is 10.9. The monoisotopic (exact) mass is 507 g/mol. The average Bonchev–Trinajstić information content (AvgIpc) is 3.15. The lowest BCUT2D eigenvalue weighted by Crippen LogP contribution is -2.63. The summed E-state index contributed by atoms with van der Waals surface area (Å²) in [6.45, 7) is 2.08. The summed E-state index contributed by atoms with van der Waals surface area (Å²) in [6.07, 6.45) is 9.22. The first-order valence-corrected chi connectivity index (χ1v) is 14.1. The molecule has 7 rings (SSSR count). The number of thioether (sulfide) groups is 1. The number of rotatable bonds is 2. The molecule has 1 N–H and O–H groups in total. The maximum absolute atomic E-state index is 13.4. The Labute approximate surface area is 209 Å². The summed E-state index contributed by atoms with van der Waals surface area (Å²) in [7, 11) is 0. The van der Waals surface area contributed by atoms with Gasteiger partial charge in [0.15, 0.2) is 0 Å². The summed E-state index contributed by atoms with van der Waals surface area (Å²) in [5.41, 5.74) is 0.543. The van der Waals surface area contributed by atoms with Crippen molar-refractivity contribution >= 4 is 46.9 Å². The molecule has 8 heteroatoms. The SMILES string of the molecule is O=C(NC12CC3CC(CC(C3)C1)C2)N1CCC2(CC1)SCCN2C(=O)c1ccc(Cl)cc1Cl. The first kappa shape index (κ1) is 22.4. The molecular formula is C25H31Cl2N3O2S. The van der Waals surface area contributed by atoms with Crippen molar-refractivity contribution in [1.29, 1.82) is 0 Å². The Hall–Kier alpha value is -1.11. The van der Waals surface area contributed by atoms with Gasteiger partial charge in [0.25, 0.3) is 5.91 Å². The van der Waals surface area contributed by atoms with E-state index in [2.05, 4.69) is 5.32 Å². The van der Waals surface area contributed by atoms with E-state index in [0.717, 1.165) is 36.3 Å². The number of carbonyl (C=O) groups is 2. The Morgan fingerprint density at radius 1 is 0.970 bits per heavy atom. The second kappa shape index (κ2) is 8.23. The van der Waals surface area contributed by atoms with Crippen molar-refractivity contribution in [3.05, 3.63) is 33.8 Å². The van der Waals surface area contributed by atoms with Crippen LogP contribution in [0.2, 0.25) is 10.0 Å². The van der Waals surface area contributed by atoms with Gasteiger partial charge >= 0.3 is 6.03 Å². The Balaban J connectivity index is 1.12. The third-order valence-electron chi connectivity index (χ3n) is 8.83. The predicted molar refractivity (Wildman–Crippen MR) is 133 cm³/mol. The zero-order chi connectivity index (χ0) is 22.8. The van der Waals surface area contributed by atoms with E-state index in [-0.39, 0.29) is 22.3 Å². The van der Waals surface area contributed by atoms with E-state index in [1.165, 1.54) is 38.5 Å². The van der Waals surface area contributed by atoms with Crippen LogP contribution in [0.15, 0.2) is 18.2 Å². The van der Waals surface area contributed by atoms with E-state index >= 15 is 0 Å². The lowest BCUT2D eigenvalue weighted by atomic mass is 9.53. The van der Waals surface area contributed by atoms with Crippen LogP contribution in [-0.4, -0.2) is 57.5 Å². The fourth-order valence-corrected chi connectivity index (χ4v) is 9.69. The lowest BCUT2D eigenvalue weighted by Gasteiger charge is -2.57. The highest BCUT2D eigenvalue weighted by Crippen LogP contribution is 2.55. The minimum atomic E-state index is -0.252. The molecule has 0 radical (unpaired) electrons. The van der Waals surface area contributed by atoms with Crippen LogP contribution in [0.1, 0.15) is 61.7 Å². The average molecular weight is 509 g/mol. The van der Waals surface area contributed by atoms with E-state index in [1.54, 1.807) is 18.2 Å². The second-order valence-corrected chi connectivity index (χ2v) is 13.3. The molecule has 33 heavy (non-hydrogen) atoms. The largest absolute Gasteiger partial charge is 0.333 e. The third kappa shape index (κ3) is 3.94. The summed E-state index contributed by atoms with van der Waals surface area (Å²) in [6, 6.07) is 5.17. The normalized spacial score (nSPS) is 34.2. The molecule has 178 valence electrons. The van der Waals surface area contributed by atoms with Crippen LogP contribution >= 0.6 is 35.0 Å². The van der Waals surface area contributed by atoms with Crippen molar-refractivity contribution in [2.75, 3.05) is 25.4 Å². The fourth-order valence-electron chi connectivity index (χ4n) is 7.75. The Kier molecular flexibility index (Phi) is 5.58. The molecular weight excluding hydrogens is 477 g/mol. The number of nitrogens with one attached hydrogen (secondary N) is 1. The summed E-state index contributed by atoms with van der Waals surface area (Å²) >= 11 is 14.2. The molecule has 0 unspecified atom stereocenters. The second-order valence-electron chi connectivity index (χ2n) is 11.0. The molecule has 6 aliphatic rings. The van der Waals surface area contributed by atoms with E-state index < -0.39 is 0 Å². The van der Waals surface area contributed by atoms with Crippen LogP contribution in [0.4, 0.5) is 4.79 Å². The highest BCUT2D eigenvalue weighted by atomic mass is 35.5. The summed E-state index contributed by atoms with van der Waals surface area (Å²) in [5.74, 6) is 3.32. The smallest absolute Gasteiger partial charge is 0.317 e. The van der Waals surface area contributed by atoms with Crippen LogP contribution in [0.5, 0.6) is 0 Å². The molecule has 4 bridgehead atoms. The highest BCUT2D eigenvalue weighted by molar-refractivity contribution is 8.00. The van der Waals surface area contributed by atoms with Gasteiger partial charge in [0.1, 0.15) is 0 Å². The van der Waals surface area contributed by atoms with Crippen molar-refractivity contribution in [3.8, 4) is 0 Å². The molecule has 1 spiro atoms. The van der Waals surface area contributed by atoms with E-state index in [1.807, 2.05) is 21.6 Å². The number of carbonyl (C=O) groups excluding carboxylic acids is 2. The van der Waals surface area contributed by atoms with Crippen molar-refractivity contribution in [2.45, 2.75) is 61.8 Å². The van der Waals surface area contributed by atoms with E-state index in [0.29, 0.717) is 35.2 Å². The first-order valence-electron chi connectivity index (χ1n) is 12.3. The molecule has 6 fully saturated rings. The number of hydrogen-bond donors (Lipinski definition) is 1. The van der Waals surface area contributed by atoms with Gasteiger partial charge in [-0.1, -0.05) is 23.2 Å². The van der Waals surface area contributed by atoms with Gasteiger partial charge in [0, 0.05) is 35.9 Å². The van der Waals surface area contributed by atoms with Crippen molar-refractivity contribution in [1.82, 2.24) is 15.1 Å². The number of hydrogen-bond acceptors (Lipinski definition) is 3. The van der Waals surface area contributed by atoms with E-state index in [4.69, 9.17) is 23.2 Å². The standard InChI is InChI=1S/C25H31Cl2N3O2S/c26-19-1-2-20(21(27)12-19)22(31)30-7-8-33-25(30)3-5-29(6-4-25)23(32)28-24-13-16-9-17(14-24)11-18(10-16)15-24/h1-2,12,16-18H,3-11,13-15H2,(H,28,32). The Morgan fingerprint density at radius 3 is 2.21 bits per heavy atom. The minimum absolute atomic E-state index is 0.0341. The van der Waals surface area contributed by atoms with Crippen molar-refractivity contribution in [2.24, 2.45) is 17.8 Å². The van der Waals surface area contributed by atoms with Gasteiger partial charge in [-0.3, -0.25) is 4.79 Å². The molecule has 1 aromatic carbocycles. The van der Waals surface area contributed by atoms with Gasteiger partial charge in [0.05, 0.1) is 15.5 Å². The number of halogens is 2. The molecule has 3 amide bonds. The van der Waals surface area contributed by atoms with Crippen LogP contribution in [0, 0.1) is 17.8 Å². The number of amides is 3. The predicted octanol–water partition coefficient (Wildman–Crippen LogP) is 5.65. The molecule has 2 aliphatic heterocycles. The van der Waals surface area contributed by atoms with Gasteiger partial charge in [0.2, 0.25) is 0 Å². The summed E-state index contributed by atoms with van der Waals surface area (Å²) in [5, 5.41) is 4.44. The minimum Gasteiger partial charge on any atom is -0.333 e. The molecule has 1 aromatic rings. The van der Waals surface area contributed by atoms with Gasteiger partial charge in [-0.2, -0.15) is 0 Å². The maximum atomic E-state index is 13.4. The van der Waals surface area contributed by atoms with Gasteiger partial charge in [-0.15, -0.1) is 11.8 Å². The summed E-state index contributed by atoms with van der Waals surface area (Å²) in [4.78, 5) is 30.4. The first-order chi connectivity index (χ1) is 15.8. The molecule has 2 saturated heterocycles. The zero-order valence-corrected chi connectivity index (χ0v) is 21.2. The van der Waals surface area contributed by atoms with Crippen LogP contribution in [0.3, 0.4) is 0 Å². The number of piperidine rings is 1. The number of benzene rings is 1. The Morgan fingerprint density at radius 2 is 1.61 bits per heavy atom. The molecule has 4 aliphatic carbocycles. The van der Waals surface area contributed by atoms with Crippen LogP contribution in [-0.2, 0) is 0 Å². The molecule has 0 atom stereocenters. The molecule has 0 aromatic heterocycles. The van der Waals surface area contributed by atoms with Gasteiger partial charge in [-0.25, -0.2) is 4.79 Å². The van der Waals surface area contributed by atoms with Crippen molar-refractivity contribution in [3.63, 3.8) is 0 Å². The molecule has 4 saturated carbocycles. The highest BCUT2D eigenvalue weighted by Gasteiger charge is 2.53. The Bertz CT molecular complexity index is 943. The topological polar surface area (TPSA) is 52.7 Å². The zero-order valence-electron chi connectivity index (χ0n) is 18.8. The van der Waals surface area contributed by atoms with Crippen molar-refractivity contribution < 1.29 is 9.59 Å². The quantitative estimate of drug-likeness (QED) is 0.562. The van der Waals surface area contributed by atoms with Gasteiger partial charge < -0.3 is 15.1 Å². The number of urea groups is 1. The van der Waals surface area contributed by atoms with E-state index in [9.17, 15) is 9.59 Å². The number of likely N-dealkylation sites (tertiary alicyclic amines) is 1. The van der Waals surface area contributed by atoms with Crippen LogP contribution in [0.25, 0.3) is 0 Å².